The fourth-order valence-electron chi connectivity index (χ4n) is 1.52. The lowest BCUT2D eigenvalue weighted by molar-refractivity contribution is 1.06. The average Bonchev–Trinajstić information content (AvgIpc) is 2.71. The molecule has 2 aromatic rings. The molecular weight excluding hydrogens is 250 g/mol. The van der Waals surface area contributed by atoms with Crippen molar-refractivity contribution in [2.45, 2.75) is 6.92 Å². The molecule has 0 radical (unpaired) electrons. The van der Waals surface area contributed by atoms with Crippen LogP contribution in [0.5, 0.6) is 0 Å². The molecule has 3 nitrogen and oxygen atoms in total. The number of nitriles is 1. The number of benzene rings is 1. The molecule has 0 N–H and O–H groups in total. The molecule has 1 aromatic carbocycles. The van der Waals surface area contributed by atoms with Gasteiger partial charge < -0.3 is 0 Å². The van der Waals surface area contributed by atoms with E-state index in [-0.39, 0.29) is 0 Å². The molecule has 1 aromatic heterocycles. The van der Waals surface area contributed by atoms with Gasteiger partial charge in [-0.25, -0.2) is 4.98 Å². The fraction of sp³-hybridized carbons (Fsp3) is 0.0833. The van der Waals surface area contributed by atoms with E-state index >= 15 is 0 Å². The van der Waals surface area contributed by atoms with Crippen LogP contribution in [0.3, 0.4) is 0 Å². The molecule has 1 heterocycles. The van der Waals surface area contributed by atoms with Crippen LogP contribution >= 0.6 is 24.8 Å². The van der Waals surface area contributed by atoms with Gasteiger partial charge in [-0.2, -0.15) is 5.26 Å². The number of imidazole rings is 1. The Morgan fingerprint density at radius 3 is 2.53 bits per heavy atom. The van der Waals surface area contributed by atoms with Crippen LogP contribution < -0.4 is 0 Å². The maximum Gasteiger partial charge on any atom is 0.142 e. The number of thiocarbonyl (C=S) groups is 1. The average molecular weight is 259 g/mol. The van der Waals surface area contributed by atoms with Crippen molar-refractivity contribution in [2.75, 3.05) is 0 Å². The highest BCUT2D eigenvalue weighted by Crippen LogP contribution is 2.19. The van der Waals surface area contributed by atoms with E-state index in [9.17, 15) is 0 Å². The van der Waals surface area contributed by atoms with Gasteiger partial charge in [-0.3, -0.25) is 4.57 Å². The van der Waals surface area contributed by atoms with E-state index in [2.05, 4.69) is 23.7 Å². The Labute approximate surface area is 110 Å². The molecular formula is C12H9N3S2. The minimum absolute atomic E-state index is 0.467. The molecule has 17 heavy (non-hydrogen) atoms. The van der Waals surface area contributed by atoms with Crippen LogP contribution in [0.25, 0.3) is 11.3 Å². The van der Waals surface area contributed by atoms with Crippen molar-refractivity contribution >= 4 is 29.2 Å². The third-order valence-electron chi connectivity index (χ3n) is 2.40. The Bertz CT molecular complexity index is 606. The molecule has 0 saturated heterocycles. The van der Waals surface area contributed by atoms with Crippen LogP contribution in [0.4, 0.5) is 0 Å². The third kappa shape index (κ3) is 2.38. The highest BCUT2D eigenvalue weighted by atomic mass is 32.1. The first-order valence-corrected chi connectivity index (χ1v) is 5.77. The zero-order valence-corrected chi connectivity index (χ0v) is 10.8. The number of hydrogen-bond donors (Lipinski definition) is 1. The molecule has 0 unspecified atom stereocenters. The summed E-state index contributed by atoms with van der Waals surface area (Å²) in [4.78, 5) is 4.40. The quantitative estimate of drug-likeness (QED) is 0.632. The van der Waals surface area contributed by atoms with Crippen LogP contribution in [0.15, 0.2) is 30.5 Å². The second kappa shape index (κ2) is 4.70. The molecule has 5 heteroatoms. The highest BCUT2D eigenvalue weighted by molar-refractivity contribution is 8.11. The van der Waals surface area contributed by atoms with Gasteiger partial charge in [0.2, 0.25) is 0 Å². The molecule has 0 spiro atoms. The summed E-state index contributed by atoms with van der Waals surface area (Å²) in [6.07, 6.45) is 1.84. The minimum Gasteiger partial charge on any atom is -0.289 e. The summed E-state index contributed by atoms with van der Waals surface area (Å²) in [5, 5.41) is 8.72. The van der Waals surface area contributed by atoms with Crippen molar-refractivity contribution in [3.05, 3.63) is 41.9 Å². The van der Waals surface area contributed by atoms with Gasteiger partial charge in [0.15, 0.2) is 0 Å². The topological polar surface area (TPSA) is 41.6 Å². The fourth-order valence-corrected chi connectivity index (χ4v) is 1.91. The molecule has 0 aliphatic carbocycles. The van der Waals surface area contributed by atoms with Gasteiger partial charge in [-0.1, -0.05) is 24.4 Å². The first-order chi connectivity index (χ1) is 8.11. The van der Waals surface area contributed by atoms with Gasteiger partial charge in [0.05, 0.1) is 17.3 Å². The van der Waals surface area contributed by atoms with E-state index in [0.29, 0.717) is 9.88 Å². The van der Waals surface area contributed by atoms with Crippen molar-refractivity contribution in [1.29, 1.82) is 5.26 Å². The predicted molar refractivity (Wildman–Crippen MR) is 74.1 cm³/mol. The Kier molecular flexibility index (Phi) is 3.27. The zero-order valence-electron chi connectivity index (χ0n) is 9.08. The number of thiol groups is 1. The molecule has 0 aliphatic rings. The lowest BCUT2D eigenvalue weighted by Crippen LogP contribution is -2.01. The summed E-state index contributed by atoms with van der Waals surface area (Å²) in [5.74, 6) is 0.796. The Morgan fingerprint density at radius 1 is 1.41 bits per heavy atom. The monoisotopic (exact) mass is 259 g/mol. The zero-order chi connectivity index (χ0) is 12.4. The number of aryl methyl sites for hydroxylation is 1. The molecule has 0 fully saturated rings. The SMILES string of the molecule is Cc1nc(-c2ccc(C#N)cc2)cn1C(=S)S. The van der Waals surface area contributed by atoms with Crippen molar-refractivity contribution in [1.82, 2.24) is 9.55 Å². The number of rotatable bonds is 1. The van der Waals surface area contributed by atoms with Crippen LogP contribution in [-0.2, 0) is 0 Å². The number of hydrogen-bond acceptors (Lipinski definition) is 3. The molecule has 84 valence electrons. The van der Waals surface area contributed by atoms with E-state index < -0.39 is 0 Å². The number of aromatic nitrogens is 2. The van der Waals surface area contributed by atoms with Crippen molar-refractivity contribution in [2.24, 2.45) is 0 Å². The van der Waals surface area contributed by atoms with Gasteiger partial charge >= 0.3 is 0 Å². The standard InChI is InChI=1S/C12H9N3S2/c1-8-14-11(7-15(8)12(16)17)10-4-2-9(6-13)3-5-10/h2-5,7H,1H3,(H,16,17). The van der Waals surface area contributed by atoms with Gasteiger partial charge in [-0.05, 0) is 19.1 Å². The summed E-state index contributed by atoms with van der Waals surface area (Å²) in [5.41, 5.74) is 2.41. The van der Waals surface area contributed by atoms with Crippen LogP contribution in [0.1, 0.15) is 11.4 Å². The smallest absolute Gasteiger partial charge is 0.142 e. The molecule has 0 atom stereocenters. The van der Waals surface area contributed by atoms with Gasteiger partial charge in [0.1, 0.15) is 10.1 Å². The second-order valence-corrected chi connectivity index (χ2v) is 4.63. The minimum atomic E-state index is 0.467. The molecule has 2 rings (SSSR count). The molecule has 0 aliphatic heterocycles. The first kappa shape index (κ1) is 11.8. The van der Waals surface area contributed by atoms with E-state index in [1.54, 1.807) is 16.7 Å². The predicted octanol–water partition coefficient (Wildman–Crippen LogP) is 2.79. The lowest BCUT2D eigenvalue weighted by Gasteiger charge is -1.97. The van der Waals surface area contributed by atoms with Crippen molar-refractivity contribution < 1.29 is 0 Å². The van der Waals surface area contributed by atoms with Gasteiger partial charge in [0.25, 0.3) is 0 Å². The van der Waals surface area contributed by atoms with Gasteiger partial charge in [-0.15, -0.1) is 12.6 Å². The number of nitrogens with zero attached hydrogens (tertiary/aromatic N) is 3. The second-order valence-electron chi connectivity index (χ2n) is 3.52. The van der Waals surface area contributed by atoms with E-state index in [0.717, 1.165) is 17.1 Å². The van der Waals surface area contributed by atoms with Gasteiger partial charge in [0, 0.05) is 11.8 Å². The Hall–Kier alpha value is -1.64. The normalized spacial score (nSPS) is 9.94. The Balaban J connectivity index is 2.43. The maximum atomic E-state index is 8.72. The van der Waals surface area contributed by atoms with E-state index in [1.807, 2.05) is 25.3 Å². The summed E-state index contributed by atoms with van der Waals surface area (Å²) in [6, 6.07) is 9.35. The summed E-state index contributed by atoms with van der Waals surface area (Å²) in [6.45, 7) is 1.87. The first-order valence-electron chi connectivity index (χ1n) is 4.91. The summed E-state index contributed by atoms with van der Waals surface area (Å²) >= 11 is 9.12. The van der Waals surface area contributed by atoms with Crippen molar-refractivity contribution in [3.63, 3.8) is 0 Å². The van der Waals surface area contributed by atoms with Crippen molar-refractivity contribution in [3.8, 4) is 17.3 Å². The highest BCUT2D eigenvalue weighted by Gasteiger charge is 2.07. The van der Waals surface area contributed by atoms with E-state index in [1.165, 1.54) is 0 Å². The summed E-state index contributed by atoms with van der Waals surface area (Å²) < 4.78 is 2.21. The molecule has 0 saturated carbocycles. The maximum absolute atomic E-state index is 8.72. The largest absolute Gasteiger partial charge is 0.289 e. The van der Waals surface area contributed by atoms with Crippen LogP contribution in [-0.4, -0.2) is 13.9 Å². The third-order valence-corrected chi connectivity index (χ3v) is 2.81. The van der Waals surface area contributed by atoms with Crippen LogP contribution in [0, 0.1) is 18.3 Å². The summed E-state index contributed by atoms with van der Waals surface area (Å²) in [7, 11) is 0. The van der Waals surface area contributed by atoms with Crippen LogP contribution in [0.2, 0.25) is 0 Å². The lowest BCUT2D eigenvalue weighted by atomic mass is 10.1. The molecule has 0 amide bonds. The molecule has 0 bridgehead atoms. The van der Waals surface area contributed by atoms with E-state index in [4.69, 9.17) is 17.5 Å². The Morgan fingerprint density at radius 2 is 2.06 bits per heavy atom.